The molecule has 0 spiro atoms. The summed E-state index contributed by atoms with van der Waals surface area (Å²) in [5.41, 5.74) is 9.03. The van der Waals surface area contributed by atoms with Gasteiger partial charge < -0.3 is 16.0 Å². The molecule has 0 heterocycles. The zero-order valence-corrected chi connectivity index (χ0v) is 11.8. The number of hydrogen-bond acceptors (Lipinski definition) is 3. The smallest absolute Gasteiger partial charge is 0.251 e. The molecule has 3 N–H and O–H groups in total. The van der Waals surface area contributed by atoms with Crippen LogP contribution in [0.15, 0.2) is 48.5 Å². The Morgan fingerprint density at radius 2 is 1.85 bits per heavy atom. The van der Waals surface area contributed by atoms with E-state index >= 15 is 0 Å². The third-order valence-electron chi connectivity index (χ3n) is 3.05. The Morgan fingerprint density at radius 1 is 1.15 bits per heavy atom. The van der Waals surface area contributed by atoms with Crippen molar-refractivity contribution in [3.8, 4) is 0 Å². The van der Waals surface area contributed by atoms with Gasteiger partial charge in [-0.15, -0.1) is 0 Å². The van der Waals surface area contributed by atoms with E-state index in [9.17, 15) is 4.79 Å². The summed E-state index contributed by atoms with van der Waals surface area (Å²) in [6.45, 7) is 0.501. The van der Waals surface area contributed by atoms with E-state index in [2.05, 4.69) is 5.32 Å². The van der Waals surface area contributed by atoms with Gasteiger partial charge in [-0.1, -0.05) is 18.2 Å². The molecule has 0 fully saturated rings. The molecular weight excluding hydrogens is 250 g/mol. The van der Waals surface area contributed by atoms with E-state index in [0.717, 1.165) is 11.3 Å². The molecule has 0 bridgehead atoms. The maximum Gasteiger partial charge on any atom is 0.251 e. The molecule has 20 heavy (non-hydrogen) atoms. The maximum atomic E-state index is 12.0. The molecule has 0 saturated heterocycles. The Balaban J connectivity index is 1.96. The van der Waals surface area contributed by atoms with Crippen LogP contribution in [0.25, 0.3) is 0 Å². The van der Waals surface area contributed by atoms with Gasteiger partial charge in [0.05, 0.1) is 0 Å². The normalized spacial score (nSPS) is 10.1. The summed E-state index contributed by atoms with van der Waals surface area (Å²) in [7, 11) is 3.99. The van der Waals surface area contributed by atoms with E-state index in [1.54, 1.807) is 24.3 Å². The lowest BCUT2D eigenvalue weighted by atomic mass is 10.1. The molecule has 4 heteroatoms. The van der Waals surface area contributed by atoms with Crippen molar-refractivity contribution >= 4 is 17.3 Å². The number of nitrogens with two attached hydrogens (primary N) is 1. The first kappa shape index (κ1) is 13.9. The molecule has 2 aromatic rings. The summed E-state index contributed by atoms with van der Waals surface area (Å²) in [5.74, 6) is -0.117. The van der Waals surface area contributed by atoms with Crippen LogP contribution in [0.1, 0.15) is 15.9 Å². The van der Waals surface area contributed by atoms with Crippen molar-refractivity contribution in [1.29, 1.82) is 0 Å². The highest BCUT2D eigenvalue weighted by atomic mass is 16.1. The van der Waals surface area contributed by atoms with Crippen LogP contribution in [-0.4, -0.2) is 20.0 Å². The predicted molar refractivity (Wildman–Crippen MR) is 82.8 cm³/mol. The van der Waals surface area contributed by atoms with Gasteiger partial charge in [0, 0.05) is 37.6 Å². The van der Waals surface area contributed by atoms with E-state index in [4.69, 9.17) is 5.73 Å². The van der Waals surface area contributed by atoms with Crippen LogP contribution in [0, 0.1) is 0 Å². The Hall–Kier alpha value is -2.49. The Kier molecular flexibility index (Phi) is 4.25. The second-order valence-electron chi connectivity index (χ2n) is 4.87. The molecule has 0 aliphatic rings. The van der Waals surface area contributed by atoms with E-state index in [1.165, 1.54) is 0 Å². The van der Waals surface area contributed by atoms with E-state index in [0.29, 0.717) is 17.8 Å². The van der Waals surface area contributed by atoms with Crippen molar-refractivity contribution in [2.24, 2.45) is 0 Å². The molecule has 0 unspecified atom stereocenters. The molecule has 1 amide bonds. The molecular formula is C16H19N3O. The fraction of sp³-hybridized carbons (Fsp3) is 0.188. The average molecular weight is 269 g/mol. The number of carbonyl (C=O) groups is 1. The van der Waals surface area contributed by atoms with Gasteiger partial charge in [0.25, 0.3) is 5.91 Å². The highest BCUT2D eigenvalue weighted by Crippen LogP contribution is 2.12. The molecule has 0 aromatic heterocycles. The van der Waals surface area contributed by atoms with Gasteiger partial charge in [0.15, 0.2) is 0 Å². The van der Waals surface area contributed by atoms with Gasteiger partial charge in [0.2, 0.25) is 0 Å². The van der Waals surface area contributed by atoms with Crippen molar-refractivity contribution in [3.63, 3.8) is 0 Å². The van der Waals surface area contributed by atoms with Gasteiger partial charge in [-0.2, -0.15) is 0 Å². The van der Waals surface area contributed by atoms with Gasteiger partial charge in [0.1, 0.15) is 0 Å². The number of hydrogen-bond donors (Lipinski definition) is 2. The van der Waals surface area contributed by atoms with E-state index < -0.39 is 0 Å². The average Bonchev–Trinajstić information content (AvgIpc) is 2.45. The summed E-state index contributed by atoms with van der Waals surface area (Å²) >= 11 is 0. The fourth-order valence-electron chi connectivity index (χ4n) is 1.88. The minimum absolute atomic E-state index is 0.117. The second-order valence-corrected chi connectivity index (χ2v) is 4.87. The van der Waals surface area contributed by atoms with E-state index in [1.807, 2.05) is 43.3 Å². The highest BCUT2D eigenvalue weighted by Gasteiger charge is 2.05. The van der Waals surface area contributed by atoms with Crippen LogP contribution < -0.4 is 16.0 Å². The summed E-state index contributed by atoms with van der Waals surface area (Å²) in [6, 6.07) is 15.0. The third-order valence-corrected chi connectivity index (χ3v) is 3.05. The number of nitrogens with one attached hydrogen (secondary N) is 1. The molecule has 2 rings (SSSR count). The van der Waals surface area contributed by atoms with Gasteiger partial charge in [-0.25, -0.2) is 0 Å². The minimum atomic E-state index is -0.117. The SMILES string of the molecule is CN(C)c1ccc(CNC(=O)c2cccc(N)c2)cc1. The largest absolute Gasteiger partial charge is 0.399 e. The quantitative estimate of drug-likeness (QED) is 0.837. The van der Waals surface area contributed by atoms with Crippen molar-refractivity contribution < 1.29 is 4.79 Å². The highest BCUT2D eigenvalue weighted by molar-refractivity contribution is 5.94. The van der Waals surface area contributed by atoms with Crippen LogP contribution in [-0.2, 0) is 6.54 Å². The lowest BCUT2D eigenvalue weighted by Crippen LogP contribution is -2.22. The molecule has 2 aromatic carbocycles. The van der Waals surface area contributed by atoms with Gasteiger partial charge in [-0.3, -0.25) is 4.79 Å². The zero-order valence-electron chi connectivity index (χ0n) is 11.8. The van der Waals surface area contributed by atoms with Crippen molar-refractivity contribution in [3.05, 3.63) is 59.7 Å². The van der Waals surface area contributed by atoms with Crippen LogP contribution in [0.3, 0.4) is 0 Å². The van der Waals surface area contributed by atoms with Crippen LogP contribution in [0.4, 0.5) is 11.4 Å². The lowest BCUT2D eigenvalue weighted by molar-refractivity contribution is 0.0951. The van der Waals surface area contributed by atoms with Crippen molar-refractivity contribution in [1.82, 2.24) is 5.32 Å². The van der Waals surface area contributed by atoms with Gasteiger partial charge in [-0.05, 0) is 35.9 Å². The topological polar surface area (TPSA) is 58.4 Å². The van der Waals surface area contributed by atoms with Crippen LogP contribution in [0.5, 0.6) is 0 Å². The molecule has 104 valence electrons. The maximum absolute atomic E-state index is 12.0. The number of carbonyl (C=O) groups excluding carboxylic acids is 1. The second kappa shape index (κ2) is 6.10. The van der Waals surface area contributed by atoms with E-state index in [-0.39, 0.29) is 5.91 Å². The zero-order chi connectivity index (χ0) is 14.5. The number of rotatable bonds is 4. The Morgan fingerprint density at radius 3 is 2.45 bits per heavy atom. The first-order valence-corrected chi connectivity index (χ1v) is 6.46. The summed E-state index contributed by atoms with van der Waals surface area (Å²) in [6.07, 6.45) is 0. The summed E-state index contributed by atoms with van der Waals surface area (Å²) in [5, 5.41) is 2.88. The first-order valence-electron chi connectivity index (χ1n) is 6.46. The number of benzene rings is 2. The van der Waals surface area contributed by atoms with Crippen molar-refractivity contribution in [2.75, 3.05) is 24.7 Å². The number of nitrogen functional groups attached to an aromatic ring is 1. The predicted octanol–water partition coefficient (Wildman–Crippen LogP) is 2.26. The number of amides is 1. The monoisotopic (exact) mass is 269 g/mol. The molecule has 0 saturated carbocycles. The van der Waals surface area contributed by atoms with Crippen LogP contribution >= 0.6 is 0 Å². The molecule has 0 atom stereocenters. The van der Waals surface area contributed by atoms with Gasteiger partial charge >= 0.3 is 0 Å². The number of nitrogens with zero attached hydrogens (tertiary/aromatic N) is 1. The first-order chi connectivity index (χ1) is 9.56. The third kappa shape index (κ3) is 3.51. The molecule has 0 radical (unpaired) electrons. The fourth-order valence-corrected chi connectivity index (χ4v) is 1.88. The molecule has 4 nitrogen and oxygen atoms in total. The lowest BCUT2D eigenvalue weighted by Gasteiger charge is -2.13. The summed E-state index contributed by atoms with van der Waals surface area (Å²) in [4.78, 5) is 14.0. The van der Waals surface area contributed by atoms with Crippen LogP contribution in [0.2, 0.25) is 0 Å². The summed E-state index contributed by atoms with van der Waals surface area (Å²) < 4.78 is 0. The minimum Gasteiger partial charge on any atom is -0.399 e. The Labute approximate surface area is 119 Å². The molecule has 0 aliphatic carbocycles. The van der Waals surface area contributed by atoms with Crippen molar-refractivity contribution in [2.45, 2.75) is 6.54 Å². The number of anilines is 2. The molecule has 0 aliphatic heterocycles. The Bertz CT molecular complexity index is 591. The standard InChI is InChI=1S/C16H19N3O/c1-19(2)15-8-6-12(7-9-15)11-18-16(20)13-4-3-5-14(17)10-13/h3-10H,11,17H2,1-2H3,(H,18,20).